The van der Waals surface area contributed by atoms with E-state index in [1.165, 1.54) is 18.2 Å². The fraction of sp³-hybridized carbons (Fsp3) is 0.200. The Morgan fingerprint density at radius 1 is 0.970 bits per heavy atom. The number of furan rings is 1. The summed E-state index contributed by atoms with van der Waals surface area (Å²) in [5, 5.41) is 10.9. The zero-order valence-electron chi connectivity index (χ0n) is 17.9. The van der Waals surface area contributed by atoms with E-state index in [0.29, 0.717) is 22.1 Å². The summed E-state index contributed by atoms with van der Waals surface area (Å²) in [6.07, 6.45) is 1.34. The lowest BCUT2D eigenvalue weighted by molar-refractivity contribution is -0.138. The number of aliphatic carboxylic acids is 1. The van der Waals surface area contributed by atoms with Crippen molar-refractivity contribution in [2.75, 3.05) is 0 Å². The van der Waals surface area contributed by atoms with Crippen molar-refractivity contribution in [2.45, 2.75) is 37.1 Å². The highest BCUT2D eigenvalue weighted by molar-refractivity contribution is 7.89. The van der Waals surface area contributed by atoms with E-state index in [0.717, 1.165) is 23.8 Å². The molecule has 0 fully saturated rings. The van der Waals surface area contributed by atoms with E-state index >= 15 is 0 Å². The summed E-state index contributed by atoms with van der Waals surface area (Å²) in [4.78, 5) is 24.3. The second-order valence-electron chi connectivity index (χ2n) is 7.84. The lowest BCUT2D eigenvalue weighted by atomic mass is 10.0. The van der Waals surface area contributed by atoms with Gasteiger partial charge in [0.15, 0.2) is 5.78 Å². The third kappa shape index (κ3) is 4.81. The van der Waals surface area contributed by atoms with E-state index in [1.54, 1.807) is 18.2 Å². The maximum absolute atomic E-state index is 13.0. The van der Waals surface area contributed by atoms with Crippen LogP contribution in [0.3, 0.4) is 0 Å². The molecule has 0 radical (unpaired) electrons. The zero-order chi connectivity index (χ0) is 23.6. The van der Waals surface area contributed by atoms with E-state index in [9.17, 15) is 23.1 Å². The summed E-state index contributed by atoms with van der Waals surface area (Å²) in [6.45, 7) is 2.05. The maximum atomic E-state index is 13.0. The Labute approximate surface area is 191 Å². The number of carbonyl (C=O) groups excluding carboxylic acids is 1. The van der Waals surface area contributed by atoms with Gasteiger partial charge in [0, 0.05) is 22.8 Å². The number of aryl methyl sites for hydroxylation is 1. The Kier molecular flexibility index (Phi) is 6.31. The van der Waals surface area contributed by atoms with Crippen LogP contribution in [0.2, 0.25) is 0 Å². The van der Waals surface area contributed by atoms with Gasteiger partial charge in [0.2, 0.25) is 10.0 Å². The number of benzene rings is 3. The Morgan fingerprint density at radius 3 is 2.36 bits per heavy atom. The number of carbonyl (C=O) groups is 2. The number of sulfonamides is 1. The van der Waals surface area contributed by atoms with Crippen LogP contribution < -0.4 is 4.72 Å². The summed E-state index contributed by atoms with van der Waals surface area (Å²) in [6, 6.07) is 16.9. The van der Waals surface area contributed by atoms with Crippen LogP contribution in [-0.2, 0) is 21.2 Å². The summed E-state index contributed by atoms with van der Waals surface area (Å²) in [5.41, 5.74) is 2.55. The van der Waals surface area contributed by atoms with Crippen molar-refractivity contribution in [3.63, 3.8) is 0 Å². The highest BCUT2D eigenvalue weighted by atomic mass is 32.2. The van der Waals surface area contributed by atoms with Crippen LogP contribution in [0, 0.1) is 0 Å². The third-order valence-electron chi connectivity index (χ3n) is 5.46. The van der Waals surface area contributed by atoms with Crippen molar-refractivity contribution in [3.05, 3.63) is 77.9 Å². The average Bonchev–Trinajstić information content (AvgIpc) is 3.17. The molecule has 7 nitrogen and oxygen atoms in total. The molecule has 2 N–H and O–H groups in total. The van der Waals surface area contributed by atoms with Gasteiger partial charge in [-0.1, -0.05) is 55.8 Å². The molecule has 0 saturated heterocycles. The van der Waals surface area contributed by atoms with E-state index in [4.69, 9.17) is 4.42 Å². The summed E-state index contributed by atoms with van der Waals surface area (Å²) in [5.74, 6) is -1.88. The number of hydrogen-bond donors (Lipinski definition) is 2. The average molecular weight is 466 g/mol. The van der Waals surface area contributed by atoms with Crippen molar-refractivity contribution in [1.82, 2.24) is 4.72 Å². The van der Waals surface area contributed by atoms with Crippen molar-refractivity contribution in [3.8, 4) is 0 Å². The van der Waals surface area contributed by atoms with Crippen LogP contribution >= 0.6 is 0 Å². The predicted molar refractivity (Wildman–Crippen MR) is 125 cm³/mol. The van der Waals surface area contributed by atoms with E-state index in [2.05, 4.69) is 11.6 Å². The minimum atomic E-state index is -4.21. The topological polar surface area (TPSA) is 114 Å². The van der Waals surface area contributed by atoms with Gasteiger partial charge in [-0.05, 0) is 36.2 Å². The van der Waals surface area contributed by atoms with Gasteiger partial charge in [-0.3, -0.25) is 9.59 Å². The van der Waals surface area contributed by atoms with E-state index in [-0.39, 0.29) is 4.90 Å². The molecule has 170 valence electrons. The molecular formula is C25H23NO6S. The van der Waals surface area contributed by atoms with Crippen LogP contribution in [0.4, 0.5) is 0 Å². The van der Waals surface area contributed by atoms with Crippen LogP contribution in [0.5, 0.6) is 0 Å². The molecule has 0 spiro atoms. The molecule has 4 aromatic rings. The highest BCUT2D eigenvalue weighted by Crippen LogP contribution is 2.30. The Bertz CT molecular complexity index is 1440. The van der Waals surface area contributed by atoms with E-state index < -0.39 is 34.2 Å². The molecule has 0 aliphatic rings. The first-order valence-corrected chi connectivity index (χ1v) is 12.1. The van der Waals surface area contributed by atoms with E-state index in [1.807, 2.05) is 30.3 Å². The number of Topliss-reactive ketones (excluding diaryl/α,β-unsaturated/α-hetero) is 1. The molecule has 8 heteroatoms. The van der Waals surface area contributed by atoms with Gasteiger partial charge in [0.05, 0.1) is 4.90 Å². The number of hydrogen-bond acceptors (Lipinski definition) is 5. The summed E-state index contributed by atoms with van der Waals surface area (Å²) in [7, 11) is -4.21. The molecule has 0 aliphatic heterocycles. The summed E-state index contributed by atoms with van der Waals surface area (Å²) < 4.78 is 33.8. The Balaban J connectivity index is 1.57. The van der Waals surface area contributed by atoms with Gasteiger partial charge >= 0.3 is 5.97 Å². The van der Waals surface area contributed by atoms with Crippen LogP contribution in [0.1, 0.15) is 35.7 Å². The molecule has 1 atom stereocenters. The Morgan fingerprint density at radius 2 is 1.67 bits per heavy atom. The molecular weight excluding hydrogens is 442 g/mol. The lowest BCUT2D eigenvalue weighted by Gasteiger charge is -2.14. The first kappa shape index (κ1) is 22.7. The standard InChI is InChI=1S/C25H23NO6S/c1-2-5-16-8-10-17(11-9-16)22(27)15-21(25(28)29)26-33(30,31)18-12-13-24-20(14-18)19-6-3-4-7-23(19)32-24/h3-4,6-14,21,26H,2,5,15H2,1H3,(H,28,29)/t21-/m0/s1. The molecule has 0 bridgehead atoms. The first-order chi connectivity index (χ1) is 15.8. The molecule has 1 heterocycles. The second-order valence-corrected chi connectivity index (χ2v) is 9.56. The molecule has 1 aromatic heterocycles. The summed E-state index contributed by atoms with van der Waals surface area (Å²) >= 11 is 0. The van der Waals surface area contributed by atoms with Gasteiger partial charge < -0.3 is 9.52 Å². The monoisotopic (exact) mass is 465 g/mol. The van der Waals surface area contributed by atoms with Gasteiger partial charge in [0.1, 0.15) is 17.2 Å². The maximum Gasteiger partial charge on any atom is 0.322 e. The number of rotatable bonds is 9. The largest absolute Gasteiger partial charge is 0.480 e. The molecule has 0 saturated carbocycles. The van der Waals surface area contributed by atoms with Gasteiger partial charge in [-0.25, -0.2) is 8.42 Å². The quantitative estimate of drug-likeness (QED) is 0.351. The lowest BCUT2D eigenvalue weighted by Crippen LogP contribution is -2.42. The molecule has 0 aliphatic carbocycles. The van der Waals surface area contributed by atoms with Crippen LogP contribution in [0.25, 0.3) is 21.9 Å². The second kappa shape index (κ2) is 9.17. The predicted octanol–water partition coefficient (Wildman–Crippen LogP) is 4.54. The molecule has 3 aromatic carbocycles. The fourth-order valence-corrected chi connectivity index (χ4v) is 4.97. The van der Waals surface area contributed by atoms with Gasteiger partial charge in [-0.2, -0.15) is 4.72 Å². The first-order valence-electron chi connectivity index (χ1n) is 10.6. The molecule has 33 heavy (non-hydrogen) atoms. The normalized spacial score (nSPS) is 12.8. The smallest absolute Gasteiger partial charge is 0.322 e. The number of para-hydroxylation sites is 1. The van der Waals surface area contributed by atoms with Crippen molar-refractivity contribution in [2.24, 2.45) is 0 Å². The van der Waals surface area contributed by atoms with Crippen LogP contribution in [-0.4, -0.2) is 31.3 Å². The molecule has 0 amide bonds. The van der Waals surface area contributed by atoms with Crippen LogP contribution in [0.15, 0.2) is 76.0 Å². The SMILES string of the molecule is CCCc1ccc(C(=O)C[C@H](NS(=O)(=O)c2ccc3oc4ccccc4c3c2)C(=O)O)cc1. The number of carboxylic acids is 1. The van der Waals surface area contributed by atoms with Gasteiger partial charge in [0.25, 0.3) is 0 Å². The minimum Gasteiger partial charge on any atom is -0.480 e. The number of nitrogens with one attached hydrogen (secondary N) is 1. The minimum absolute atomic E-state index is 0.107. The highest BCUT2D eigenvalue weighted by Gasteiger charge is 2.28. The Hall–Kier alpha value is -3.49. The number of fused-ring (bicyclic) bond motifs is 3. The van der Waals surface area contributed by atoms with Crippen molar-refractivity contribution >= 4 is 43.7 Å². The molecule has 0 unspecified atom stereocenters. The van der Waals surface area contributed by atoms with Crippen molar-refractivity contribution < 1.29 is 27.5 Å². The fourth-order valence-electron chi connectivity index (χ4n) is 3.76. The van der Waals surface area contributed by atoms with Gasteiger partial charge in [-0.15, -0.1) is 0 Å². The molecule has 4 rings (SSSR count). The number of carboxylic acid groups (broad SMARTS) is 1. The zero-order valence-corrected chi connectivity index (χ0v) is 18.8. The third-order valence-corrected chi connectivity index (χ3v) is 6.93. The number of ketones is 1. The van der Waals surface area contributed by atoms with Crippen molar-refractivity contribution in [1.29, 1.82) is 0 Å².